The topological polar surface area (TPSA) is 55.2 Å². The number of nitro benzene ring substituents is 1. The fraction of sp³-hybridized carbons (Fsp3) is 0.200. The third kappa shape index (κ3) is 3.75. The van der Waals surface area contributed by atoms with Crippen molar-refractivity contribution in [3.05, 3.63) is 69.8 Å². The Morgan fingerprint density at radius 3 is 2.52 bits per heavy atom. The Kier molecular flexibility index (Phi) is 4.47. The summed E-state index contributed by atoms with van der Waals surface area (Å²) >= 11 is 0. The molecule has 0 aliphatic rings. The molecule has 21 heavy (non-hydrogen) atoms. The second kappa shape index (κ2) is 6.30. The number of nitrogens with zero attached hydrogens (tertiary/aromatic N) is 1. The maximum Gasteiger partial charge on any atom is 0.304 e. The fourth-order valence-electron chi connectivity index (χ4n) is 2.07. The molecule has 0 spiro atoms. The van der Waals surface area contributed by atoms with Gasteiger partial charge in [-0.05, 0) is 31.0 Å². The number of rotatable bonds is 5. The maximum absolute atomic E-state index is 13.5. The fourth-order valence-corrected chi connectivity index (χ4v) is 2.07. The summed E-state index contributed by atoms with van der Waals surface area (Å²) in [6, 6.07) is 9.88. The molecule has 110 valence electrons. The van der Waals surface area contributed by atoms with Crippen molar-refractivity contribution >= 4 is 11.4 Å². The Hall–Kier alpha value is -2.50. The van der Waals surface area contributed by atoms with Crippen LogP contribution in [0.5, 0.6) is 0 Å². The van der Waals surface area contributed by atoms with Crippen LogP contribution in [0.2, 0.25) is 0 Å². The van der Waals surface area contributed by atoms with Crippen LogP contribution in [-0.2, 0) is 6.42 Å². The lowest BCUT2D eigenvalue weighted by Crippen LogP contribution is -2.18. The molecule has 0 saturated carbocycles. The van der Waals surface area contributed by atoms with Gasteiger partial charge in [0.1, 0.15) is 5.82 Å². The molecular weight excluding hydrogens is 278 g/mol. The molecule has 1 unspecified atom stereocenters. The summed E-state index contributed by atoms with van der Waals surface area (Å²) in [5.41, 5.74) is 0.407. The third-order valence-electron chi connectivity index (χ3n) is 3.04. The van der Waals surface area contributed by atoms with E-state index in [9.17, 15) is 18.9 Å². The van der Waals surface area contributed by atoms with Crippen LogP contribution in [0.1, 0.15) is 12.5 Å². The van der Waals surface area contributed by atoms with E-state index in [2.05, 4.69) is 5.32 Å². The minimum absolute atomic E-state index is 0.150. The highest BCUT2D eigenvalue weighted by molar-refractivity contribution is 5.50. The third-order valence-corrected chi connectivity index (χ3v) is 3.04. The van der Waals surface area contributed by atoms with Crippen molar-refractivity contribution < 1.29 is 13.7 Å². The van der Waals surface area contributed by atoms with Crippen LogP contribution in [0.3, 0.4) is 0 Å². The molecule has 2 aromatic carbocycles. The van der Waals surface area contributed by atoms with Gasteiger partial charge in [-0.3, -0.25) is 10.1 Å². The van der Waals surface area contributed by atoms with E-state index >= 15 is 0 Å². The van der Waals surface area contributed by atoms with Gasteiger partial charge in [0.2, 0.25) is 5.82 Å². The highest BCUT2D eigenvalue weighted by Gasteiger charge is 2.15. The first-order valence-electron chi connectivity index (χ1n) is 6.41. The van der Waals surface area contributed by atoms with Gasteiger partial charge in [-0.25, -0.2) is 4.39 Å². The Morgan fingerprint density at radius 2 is 1.90 bits per heavy atom. The average Bonchev–Trinajstić information content (AvgIpc) is 2.41. The molecule has 0 radical (unpaired) electrons. The van der Waals surface area contributed by atoms with E-state index in [-0.39, 0.29) is 11.9 Å². The van der Waals surface area contributed by atoms with E-state index in [0.29, 0.717) is 17.7 Å². The second-order valence-corrected chi connectivity index (χ2v) is 4.76. The number of nitrogens with one attached hydrogen (secondary N) is 1. The monoisotopic (exact) mass is 292 g/mol. The zero-order chi connectivity index (χ0) is 15.4. The van der Waals surface area contributed by atoms with Gasteiger partial charge in [0.15, 0.2) is 0 Å². The van der Waals surface area contributed by atoms with Crippen molar-refractivity contribution in [2.24, 2.45) is 0 Å². The lowest BCUT2D eigenvalue weighted by Gasteiger charge is -2.15. The first kappa shape index (κ1) is 14.9. The van der Waals surface area contributed by atoms with Crippen LogP contribution in [0.4, 0.5) is 20.2 Å². The lowest BCUT2D eigenvalue weighted by atomic mass is 10.1. The molecule has 0 aromatic heterocycles. The van der Waals surface area contributed by atoms with Crippen LogP contribution < -0.4 is 5.32 Å². The van der Waals surface area contributed by atoms with Crippen LogP contribution in [0.15, 0.2) is 42.5 Å². The number of nitro groups is 1. The van der Waals surface area contributed by atoms with Crippen molar-refractivity contribution in [3.63, 3.8) is 0 Å². The summed E-state index contributed by atoms with van der Waals surface area (Å²) in [6.07, 6.45) is 0.422. The minimum Gasteiger partial charge on any atom is -0.382 e. The normalized spacial score (nSPS) is 12.0. The number of hydrogen-bond donors (Lipinski definition) is 1. The zero-order valence-corrected chi connectivity index (χ0v) is 11.3. The summed E-state index contributed by atoms with van der Waals surface area (Å²) in [5, 5.41) is 13.5. The number of hydrogen-bond acceptors (Lipinski definition) is 3. The molecule has 4 nitrogen and oxygen atoms in total. The van der Waals surface area contributed by atoms with E-state index in [1.807, 2.05) is 6.92 Å². The van der Waals surface area contributed by atoms with Gasteiger partial charge in [-0.1, -0.05) is 18.2 Å². The average molecular weight is 292 g/mol. The zero-order valence-electron chi connectivity index (χ0n) is 11.3. The molecule has 0 fully saturated rings. The van der Waals surface area contributed by atoms with Gasteiger partial charge >= 0.3 is 5.69 Å². The molecule has 0 saturated heterocycles. The molecule has 0 amide bonds. The van der Waals surface area contributed by atoms with E-state index in [1.54, 1.807) is 18.2 Å². The summed E-state index contributed by atoms with van der Waals surface area (Å²) in [6.45, 7) is 1.83. The Bertz CT molecular complexity index is 662. The molecular formula is C15H14F2N2O2. The first-order valence-corrected chi connectivity index (χ1v) is 6.41. The van der Waals surface area contributed by atoms with Gasteiger partial charge < -0.3 is 5.32 Å². The first-order chi connectivity index (χ1) is 9.97. The predicted molar refractivity (Wildman–Crippen MR) is 76.2 cm³/mol. The SMILES string of the molecule is CC(Cc1ccccc1F)Nc1ccc([N+](=O)[O-])c(F)c1. The Labute approximate surface area is 120 Å². The van der Waals surface area contributed by atoms with Crippen LogP contribution in [0, 0.1) is 21.7 Å². The predicted octanol–water partition coefficient (Wildman–Crippen LogP) is 3.92. The Balaban J connectivity index is 2.06. The quantitative estimate of drug-likeness (QED) is 0.671. The molecule has 2 aromatic rings. The van der Waals surface area contributed by atoms with Crippen LogP contribution in [-0.4, -0.2) is 11.0 Å². The summed E-state index contributed by atoms with van der Waals surface area (Å²) in [7, 11) is 0. The van der Waals surface area contributed by atoms with Gasteiger partial charge in [0.05, 0.1) is 4.92 Å². The molecule has 0 aliphatic carbocycles. The number of halogens is 2. The standard InChI is InChI=1S/C15H14F2N2O2/c1-10(8-11-4-2-3-5-13(11)16)18-12-6-7-15(19(20)21)14(17)9-12/h2-7,9-10,18H,8H2,1H3. The molecule has 1 atom stereocenters. The van der Waals surface area contributed by atoms with Crippen molar-refractivity contribution in [3.8, 4) is 0 Å². The molecule has 1 N–H and O–H groups in total. The van der Waals surface area contributed by atoms with Gasteiger partial charge in [0.25, 0.3) is 0 Å². The number of benzene rings is 2. The van der Waals surface area contributed by atoms with Crippen molar-refractivity contribution in [2.45, 2.75) is 19.4 Å². The van der Waals surface area contributed by atoms with Crippen molar-refractivity contribution in [1.29, 1.82) is 0 Å². The maximum atomic E-state index is 13.5. The lowest BCUT2D eigenvalue weighted by molar-refractivity contribution is -0.387. The van der Waals surface area contributed by atoms with Gasteiger partial charge in [-0.2, -0.15) is 4.39 Å². The van der Waals surface area contributed by atoms with Crippen LogP contribution >= 0.6 is 0 Å². The minimum atomic E-state index is -0.900. The van der Waals surface area contributed by atoms with Crippen molar-refractivity contribution in [1.82, 2.24) is 0 Å². The summed E-state index contributed by atoms with van der Waals surface area (Å²) < 4.78 is 27.0. The van der Waals surface area contributed by atoms with E-state index in [1.165, 1.54) is 12.1 Å². The molecule has 0 heterocycles. The largest absolute Gasteiger partial charge is 0.382 e. The molecule has 6 heteroatoms. The van der Waals surface area contributed by atoms with Gasteiger partial charge in [0, 0.05) is 23.9 Å². The van der Waals surface area contributed by atoms with E-state index < -0.39 is 16.4 Å². The van der Waals surface area contributed by atoms with Gasteiger partial charge in [-0.15, -0.1) is 0 Å². The second-order valence-electron chi connectivity index (χ2n) is 4.76. The molecule has 0 aliphatic heterocycles. The summed E-state index contributed by atoms with van der Waals surface area (Å²) in [5.74, 6) is -1.19. The molecule has 0 bridgehead atoms. The van der Waals surface area contributed by atoms with Crippen molar-refractivity contribution in [2.75, 3.05) is 5.32 Å². The number of anilines is 1. The summed E-state index contributed by atoms with van der Waals surface area (Å²) in [4.78, 5) is 9.76. The van der Waals surface area contributed by atoms with Crippen LogP contribution in [0.25, 0.3) is 0 Å². The Morgan fingerprint density at radius 1 is 1.19 bits per heavy atom. The van der Waals surface area contributed by atoms with E-state index in [4.69, 9.17) is 0 Å². The van der Waals surface area contributed by atoms with E-state index in [0.717, 1.165) is 12.1 Å². The smallest absolute Gasteiger partial charge is 0.304 e. The highest BCUT2D eigenvalue weighted by atomic mass is 19.1. The molecule has 2 rings (SSSR count). The highest BCUT2D eigenvalue weighted by Crippen LogP contribution is 2.22.